The molecule has 0 aliphatic carbocycles. The second-order valence-corrected chi connectivity index (χ2v) is 4.27. The van der Waals surface area contributed by atoms with Crippen molar-refractivity contribution in [1.82, 2.24) is 14.8 Å². The molecule has 6 heteroatoms. The normalized spacial score (nSPS) is 10.6. The predicted molar refractivity (Wildman–Crippen MR) is 77.5 cm³/mol. The summed E-state index contributed by atoms with van der Waals surface area (Å²) in [6.45, 7) is 5.16. The Kier molecular flexibility index (Phi) is 5.45. The lowest BCUT2D eigenvalue weighted by Crippen LogP contribution is -2.08. The van der Waals surface area contributed by atoms with Crippen LogP contribution in [0.2, 0.25) is 0 Å². The highest BCUT2D eigenvalue weighted by Crippen LogP contribution is 2.11. The zero-order valence-corrected chi connectivity index (χ0v) is 12.3. The molecule has 0 saturated heterocycles. The van der Waals surface area contributed by atoms with Crippen molar-refractivity contribution in [2.24, 2.45) is 0 Å². The van der Waals surface area contributed by atoms with Crippen molar-refractivity contribution in [3.05, 3.63) is 42.0 Å². The molecule has 1 aromatic heterocycles. The maximum atomic E-state index is 11.8. The Morgan fingerprint density at radius 1 is 1.19 bits per heavy atom. The smallest absolute Gasteiger partial charge is 0.378 e. The van der Waals surface area contributed by atoms with Crippen LogP contribution in [0.15, 0.2) is 30.3 Å². The maximum absolute atomic E-state index is 11.8. The fourth-order valence-corrected chi connectivity index (χ4v) is 1.87. The Morgan fingerprint density at radius 2 is 1.95 bits per heavy atom. The summed E-state index contributed by atoms with van der Waals surface area (Å²) in [6, 6.07) is 9.56. The van der Waals surface area contributed by atoms with Gasteiger partial charge in [0.25, 0.3) is 5.82 Å². The Balaban J connectivity index is 2.29. The molecule has 2 rings (SSSR count). The highest BCUT2D eigenvalue weighted by molar-refractivity contribution is 5.85. The molecule has 0 atom stereocenters. The van der Waals surface area contributed by atoms with Crippen LogP contribution in [0.4, 0.5) is 0 Å². The minimum Gasteiger partial charge on any atom is -0.460 e. The monoisotopic (exact) mass is 289 g/mol. The SMILES string of the molecule is CCOCCc1nc(C(=O)OCC)nn1-c1ccccc1. The molecule has 21 heavy (non-hydrogen) atoms. The molecule has 112 valence electrons. The molecule has 0 saturated carbocycles. The standard InChI is InChI=1S/C15H19N3O3/c1-3-20-11-10-13-16-14(15(19)21-4-2)17-18(13)12-8-6-5-7-9-12/h5-9H,3-4,10-11H2,1-2H3. The number of hydrogen-bond acceptors (Lipinski definition) is 5. The largest absolute Gasteiger partial charge is 0.460 e. The van der Waals surface area contributed by atoms with E-state index in [4.69, 9.17) is 9.47 Å². The molecule has 2 aromatic rings. The van der Waals surface area contributed by atoms with E-state index >= 15 is 0 Å². The van der Waals surface area contributed by atoms with Gasteiger partial charge in [-0.3, -0.25) is 0 Å². The third-order valence-electron chi connectivity index (χ3n) is 2.81. The van der Waals surface area contributed by atoms with Gasteiger partial charge in [0.1, 0.15) is 5.82 Å². The van der Waals surface area contributed by atoms with Gasteiger partial charge in [0.2, 0.25) is 0 Å². The van der Waals surface area contributed by atoms with Crippen LogP contribution in [0.1, 0.15) is 30.3 Å². The first-order valence-corrected chi connectivity index (χ1v) is 7.02. The third kappa shape index (κ3) is 3.88. The zero-order valence-electron chi connectivity index (χ0n) is 12.3. The minimum absolute atomic E-state index is 0.0761. The van der Waals surface area contributed by atoms with E-state index in [2.05, 4.69) is 10.1 Å². The second kappa shape index (κ2) is 7.54. The lowest BCUT2D eigenvalue weighted by molar-refractivity contribution is 0.0512. The van der Waals surface area contributed by atoms with Gasteiger partial charge in [0.15, 0.2) is 0 Å². The summed E-state index contributed by atoms with van der Waals surface area (Å²) in [5, 5.41) is 4.25. The molecule has 1 heterocycles. The molecule has 0 aliphatic rings. The maximum Gasteiger partial charge on any atom is 0.378 e. The number of rotatable bonds is 7. The van der Waals surface area contributed by atoms with Crippen molar-refractivity contribution < 1.29 is 14.3 Å². The third-order valence-corrected chi connectivity index (χ3v) is 2.81. The number of hydrogen-bond donors (Lipinski definition) is 0. The van der Waals surface area contributed by atoms with Gasteiger partial charge in [0.05, 0.1) is 18.9 Å². The average molecular weight is 289 g/mol. The highest BCUT2D eigenvalue weighted by Gasteiger charge is 2.18. The number of ether oxygens (including phenoxy) is 2. The van der Waals surface area contributed by atoms with Crippen molar-refractivity contribution in [1.29, 1.82) is 0 Å². The van der Waals surface area contributed by atoms with Crippen LogP contribution in [-0.4, -0.2) is 40.6 Å². The number of carbonyl (C=O) groups is 1. The van der Waals surface area contributed by atoms with Gasteiger partial charge in [-0.1, -0.05) is 18.2 Å². The van der Waals surface area contributed by atoms with Crippen LogP contribution in [0, 0.1) is 0 Å². The van der Waals surface area contributed by atoms with Crippen molar-refractivity contribution in [2.75, 3.05) is 19.8 Å². The molecule has 0 radical (unpaired) electrons. The molecular formula is C15H19N3O3. The van der Waals surface area contributed by atoms with Crippen LogP contribution < -0.4 is 0 Å². The highest BCUT2D eigenvalue weighted by atomic mass is 16.5. The van der Waals surface area contributed by atoms with Gasteiger partial charge in [-0.05, 0) is 26.0 Å². The van der Waals surface area contributed by atoms with E-state index in [0.29, 0.717) is 32.1 Å². The van der Waals surface area contributed by atoms with Crippen molar-refractivity contribution in [2.45, 2.75) is 20.3 Å². The fraction of sp³-hybridized carbons (Fsp3) is 0.400. The minimum atomic E-state index is -0.509. The summed E-state index contributed by atoms with van der Waals surface area (Å²) in [5.74, 6) is 0.245. The van der Waals surface area contributed by atoms with E-state index in [-0.39, 0.29) is 5.82 Å². The van der Waals surface area contributed by atoms with Crippen LogP contribution in [0.25, 0.3) is 5.69 Å². The van der Waals surface area contributed by atoms with E-state index < -0.39 is 5.97 Å². The van der Waals surface area contributed by atoms with Gasteiger partial charge >= 0.3 is 5.97 Å². The molecule has 0 aliphatic heterocycles. The second-order valence-electron chi connectivity index (χ2n) is 4.27. The summed E-state index contributed by atoms with van der Waals surface area (Å²) in [7, 11) is 0. The van der Waals surface area contributed by atoms with Gasteiger partial charge in [0, 0.05) is 13.0 Å². The van der Waals surface area contributed by atoms with Crippen molar-refractivity contribution >= 4 is 5.97 Å². The first-order chi connectivity index (χ1) is 10.3. The summed E-state index contributed by atoms with van der Waals surface area (Å²) in [4.78, 5) is 16.1. The summed E-state index contributed by atoms with van der Waals surface area (Å²) >= 11 is 0. The van der Waals surface area contributed by atoms with E-state index in [1.54, 1.807) is 11.6 Å². The number of esters is 1. The number of benzene rings is 1. The molecule has 0 N–H and O–H groups in total. The fourth-order valence-electron chi connectivity index (χ4n) is 1.87. The van der Waals surface area contributed by atoms with E-state index in [9.17, 15) is 4.79 Å². The van der Waals surface area contributed by atoms with Gasteiger partial charge in [-0.15, -0.1) is 5.10 Å². The van der Waals surface area contributed by atoms with E-state index in [1.165, 1.54) is 0 Å². The first-order valence-electron chi connectivity index (χ1n) is 7.02. The Bertz CT molecular complexity index is 581. The Morgan fingerprint density at radius 3 is 2.62 bits per heavy atom. The summed E-state index contributed by atoms with van der Waals surface area (Å²) < 4.78 is 12.0. The van der Waals surface area contributed by atoms with Gasteiger partial charge in [-0.2, -0.15) is 0 Å². The van der Waals surface area contributed by atoms with Crippen LogP contribution in [0.3, 0.4) is 0 Å². The van der Waals surface area contributed by atoms with Crippen LogP contribution in [-0.2, 0) is 15.9 Å². The van der Waals surface area contributed by atoms with Gasteiger partial charge < -0.3 is 9.47 Å². The number of nitrogens with zero attached hydrogens (tertiary/aromatic N) is 3. The Labute approximate surface area is 123 Å². The summed E-state index contributed by atoms with van der Waals surface area (Å²) in [6.07, 6.45) is 0.579. The lowest BCUT2D eigenvalue weighted by Gasteiger charge is -2.05. The summed E-state index contributed by atoms with van der Waals surface area (Å²) in [5.41, 5.74) is 0.854. The van der Waals surface area contributed by atoms with Crippen LogP contribution >= 0.6 is 0 Å². The quantitative estimate of drug-likeness (QED) is 0.576. The molecule has 6 nitrogen and oxygen atoms in total. The van der Waals surface area contributed by atoms with E-state index in [0.717, 1.165) is 5.69 Å². The zero-order chi connectivity index (χ0) is 15.1. The van der Waals surface area contributed by atoms with Gasteiger partial charge in [-0.25, -0.2) is 14.5 Å². The Hall–Kier alpha value is -2.21. The molecule has 1 aromatic carbocycles. The molecule has 0 amide bonds. The molecule has 0 spiro atoms. The number of para-hydroxylation sites is 1. The first kappa shape index (κ1) is 15.2. The molecule has 0 fully saturated rings. The number of aromatic nitrogens is 3. The predicted octanol–water partition coefficient (Wildman–Crippen LogP) is 2.02. The van der Waals surface area contributed by atoms with Crippen molar-refractivity contribution in [3.63, 3.8) is 0 Å². The topological polar surface area (TPSA) is 66.2 Å². The average Bonchev–Trinajstić information content (AvgIpc) is 2.93. The lowest BCUT2D eigenvalue weighted by atomic mass is 10.3. The number of carbonyl (C=O) groups excluding carboxylic acids is 1. The molecular weight excluding hydrogens is 270 g/mol. The van der Waals surface area contributed by atoms with Crippen LogP contribution in [0.5, 0.6) is 0 Å². The van der Waals surface area contributed by atoms with E-state index in [1.807, 2.05) is 37.3 Å². The molecule has 0 unspecified atom stereocenters. The van der Waals surface area contributed by atoms with Crippen molar-refractivity contribution in [3.8, 4) is 5.69 Å². The molecule has 0 bridgehead atoms.